The number of aliphatic carboxylic acids is 2. The fraction of sp³-hybridized carbons (Fsp3) is 0.483. The van der Waals surface area contributed by atoms with Crippen LogP contribution in [-0.4, -0.2) is 105 Å². The number of nitrogens with one attached hydrogen (secondary N) is 1. The van der Waals surface area contributed by atoms with Crippen LogP contribution < -0.4 is 5.32 Å². The summed E-state index contributed by atoms with van der Waals surface area (Å²) in [4.78, 5) is 34.4. The summed E-state index contributed by atoms with van der Waals surface area (Å²) < 4.78 is 26.4. The predicted octanol–water partition coefficient (Wildman–Crippen LogP) is 3.25. The van der Waals surface area contributed by atoms with Crippen LogP contribution in [0.3, 0.4) is 0 Å². The van der Waals surface area contributed by atoms with Crippen LogP contribution in [0, 0.1) is 0 Å². The van der Waals surface area contributed by atoms with Crippen LogP contribution >= 0.6 is 11.8 Å². The van der Waals surface area contributed by atoms with Gasteiger partial charge in [0.2, 0.25) is 0 Å². The first kappa shape index (κ1) is 32.4. The zero-order chi connectivity index (χ0) is 29.3. The van der Waals surface area contributed by atoms with E-state index in [1.54, 1.807) is 0 Å². The number of thioether (sulfide) groups is 1. The summed E-state index contributed by atoms with van der Waals surface area (Å²) in [7, 11) is 0. The average molecular weight is 592 g/mol. The Hall–Kier alpha value is -3.16. The lowest BCUT2D eigenvalue weighted by Gasteiger charge is -2.17. The zero-order valence-corrected chi connectivity index (χ0v) is 23.6. The SMILES string of the molecule is O=C(O)COCCOCCOCCOCCCSC[C@H](NC(=O)OCC1c2ccccc2-c2ccccc21)C(=O)O. The third-order valence-corrected chi connectivity index (χ3v) is 7.28. The van der Waals surface area contributed by atoms with Crippen LogP contribution in [0.15, 0.2) is 48.5 Å². The van der Waals surface area contributed by atoms with E-state index in [0.717, 1.165) is 28.7 Å². The molecule has 1 amide bonds. The Morgan fingerprint density at radius 1 is 0.780 bits per heavy atom. The number of ether oxygens (including phenoxy) is 5. The van der Waals surface area contributed by atoms with Gasteiger partial charge in [-0.1, -0.05) is 48.5 Å². The van der Waals surface area contributed by atoms with Crippen molar-refractivity contribution in [2.75, 3.05) is 71.0 Å². The number of rotatable bonds is 21. The molecule has 41 heavy (non-hydrogen) atoms. The summed E-state index contributed by atoms with van der Waals surface area (Å²) in [5.41, 5.74) is 4.42. The lowest BCUT2D eigenvalue weighted by atomic mass is 9.98. The second-order valence-electron chi connectivity index (χ2n) is 9.07. The van der Waals surface area contributed by atoms with Gasteiger partial charge in [-0.2, -0.15) is 11.8 Å². The summed E-state index contributed by atoms with van der Waals surface area (Å²) in [6, 6.07) is 15.0. The van der Waals surface area contributed by atoms with Crippen molar-refractivity contribution >= 4 is 29.8 Å². The standard InChI is InChI=1S/C29H37NO10S/c31-27(32)19-39-16-15-38-14-13-37-12-11-36-10-5-17-41-20-26(28(33)34)30-29(35)40-18-25-23-8-3-1-6-21(23)22-7-2-4-9-24(22)25/h1-4,6-9,25-26H,5,10-20H2,(H,30,35)(H,31,32)(H,33,34)/t26-/m0/s1. The third-order valence-electron chi connectivity index (χ3n) is 6.14. The lowest BCUT2D eigenvalue weighted by Crippen LogP contribution is -2.43. The molecule has 0 fully saturated rings. The molecule has 12 heteroatoms. The molecule has 1 aliphatic carbocycles. The monoisotopic (exact) mass is 591 g/mol. The van der Waals surface area contributed by atoms with Crippen LogP contribution in [0.2, 0.25) is 0 Å². The molecule has 2 aromatic rings. The summed E-state index contributed by atoms with van der Waals surface area (Å²) >= 11 is 1.42. The van der Waals surface area contributed by atoms with E-state index in [4.69, 9.17) is 28.8 Å². The number of hydrogen-bond donors (Lipinski definition) is 3. The van der Waals surface area contributed by atoms with E-state index >= 15 is 0 Å². The van der Waals surface area contributed by atoms with Crippen molar-refractivity contribution in [2.45, 2.75) is 18.4 Å². The van der Waals surface area contributed by atoms with Gasteiger partial charge in [-0.3, -0.25) is 0 Å². The minimum absolute atomic E-state index is 0.0958. The van der Waals surface area contributed by atoms with Gasteiger partial charge in [-0.05, 0) is 34.4 Å². The van der Waals surface area contributed by atoms with Crippen LogP contribution in [0.5, 0.6) is 0 Å². The minimum Gasteiger partial charge on any atom is -0.480 e. The van der Waals surface area contributed by atoms with Crippen molar-refractivity contribution in [3.8, 4) is 11.1 Å². The smallest absolute Gasteiger partial charge is 0.407 e. The maximum Gasteiger partial charge on any atom is 0.407 e. The third kappa shape index (κ3) is 11.3. The molecule has 0 saturated heterocycles. The molecule has 0 unspecified atom stereocenters. The molecule has 3 N–H and O–H groups in total. The Labute approximate surface area is 243 Å². The Balaban J connectivity index is 1.22. The van der Waals surface area contributed by atoms with Crippen molar-refractivity contribution in [2.24, 2.45) is 0 Å². The Morgan fingerprint density at radius 3 is 1.88 bits per heavy atom. The van der Waals surface area contributed by atoms with Crippen molar-refractivity contribution in [3.05, 3.63) is 59.7 Å². The van der Waals surface area contributed by atoms with Crippen LogP contribution in [0.1, 0.15) is 23.5 Å². The van der Waals surface area contributed by atoms with Gasteiger partial charge < -0.3 is 39.2 Å². The molecule has 2 aromatic carbocycles. The average Bonchev–Trinajstić information content (AvgIpc) is 3.28. The van der Waals surface area contributed by atoms with Gasteiger partial charge in [0.1, 0.15) is 19.3 Å². The molecule has 0 radical (unpaired) electrons. The van der Waals surface area contributed by atoms with E-state index in [9.17, 15) is 19.5 Å². The Kier molecular flexibility index (Phi) is 14.4. The fourth-order valence-electron chi connectivity index (χ4n) is 4.24. The molecule has 0 spiro atoms. The van der Waals surface area contributed by atoms with Crippen LogP contribution in [-0.2, 0) is 33.3 Å². The molecule has 3 rings (SSSR count). The van der Waals surface area contributed by atoms with Gasteiger partial charge >= 0.3 is 18.0 Å². The molecular weight excluding hydrogens is 554 g/mol. The van der Waals surface area contributed by atoms with Gasteiger partial charge in [0.25, 0.3) is 0 Å². The van der Waals surface area contributed by atoms with Gasteiger partial charge in [0.05, 0.1) is 39.6 Å². The highest BCUT2D eigenvalue weighted by Gasteiger charge is 2.29. The summed E-state index contributed by atoms with van der Waals surface area (Å²) in [6.07, 6.45) is -0.0263. The Morgan fingerprint density at radius 2 is 1.32 bits per heavy atom. The molecule has 0 saturated carbocycles. The van der Waals surface area contributed by atoms with Gasteiger partial charge in [-0.25, -0.2) is 14.4 Å². The highest BCUT2D eigenvalue weighted by atomic mass is 32.2. The first-order valence-corrected chi connectivity index (χ1v) is 14.6. The number of carboxylic acids is 2. The molecule has 0 aliphatic heterocycles. The summed E-state index contributed by atoms with van der Waals surface area (Å²) in [5, 5.41) is 20.4. The molecule has 1 atom stereocenters. The molecule has 224 valence electrons. The number of amides is 1. The molecule has 11 nitrogen and oxygen atoms in total. The number of hydrogen-bond acceptors (Lipinski definition) is 9. The minimum atomic E-state index is -1.11. The fourth-order valence-corrected chi connectivity index (χ4v) is 5.19. The van der Waals surface area contributed by atoms with Gasteiger partial charge in [0, 0.05) is 18.3 Å². The largest absolute Gasteiger partial charge is 0.480 e. The van der Waals surface area contributed by atoms with E-state index in [1.807, 2.05) is 36.4 Å². The summed E-state index contributed by atoms with van der Waals surface area (Å²) in [5.74, 6) is -1.34. The quantitative estimate of drug-likeness (QED) is 0.184. The first-order chi connectivity index (χ1) is 20.0. The van der Waals surface area contributed by atoms with E-state index in [-0.39, 0.29) is 31.5 Å². The number of alkyl carbamates (subject to hydrolysis) is 1. The molecule has 0 bridgehead atoms. The zero-order valence-electron chi connectivity index (χ0n) is 22.8. The Bertz CT molecular complexity index is 1070. The van der Waals surface area contributed by atoms with Crippen LogP contribution in [0.25, 0.3) is 11.1 Å². The molecule has 0 aromatic heterocycles. The topological polar surface area (TPSA) is 150 Å². The van der Waals surface area contributed by atoms with E-state index in [2.05, 4.69) is 17.4 Å². The molecule has 0 heterocycles. The number of carbonyl (C=O) groups excluding carboxylic acids is 1. The highest BCUT2D eigenvalue weighted by molar-refractivity contribution is 7.99. The predicted molar refractivity (Wildman–Crippen MR) is 152 cm³/mol. The number of benzene rings is 2. The molecular formula is C29H37NO10S. The first-order valence-electron chi connectivity index (χ1n) is 13.4. The van der Waals surface area contributed by atoms with Crippen molar-refractivity contribution in [3.63, 3.8) is 0 Å². The maximum atomic E-state index is 12.5. The van der Waals surface area contributed by atoms with Gasteiger partial charge in [0.15, 0.2) is 0 Å². The second kappa shape index (κ2) is 18.3. The van der Waals surface area contributed by atoms with E-state index in [1.165, 1.54) is 11.8 Å². The highest BCUT2D eigenvalue weighted by Crippen LogP contribution is 2.44. The van der Waals surface area contributed by atoms with E-state index in [0.29, 0.717) is 45.4 Å². The summed E-state index contributed by atoms with van der Waals surface area (Å²) in [6.45, 7) is 2.41. The van der Waals surface area contributed by atoms with Crippen LogP contribution in [0.4, 0.5) is 4.79 Å². The van der Waals surface area contributed by atoms with Crippen molar-refractivity contribution in [1.82, 2.24) is 5.32 Å². The van der Waals surface area contributed by atoms with Gasteiger partial charge in [-0.15, -0.1) is 0 Å². The normalized spacial score (nSPS) is 12.9. The van der Waals surface area contributed by atoms with E-state index < -0.39 is 24.1 Å². The van der Waals surface area contributed by atoms with Crippen molar-refractivity contribution < 1.29 is 48.3 Å². The second-order valence-corrected chi connectivity index (χ2v) is 10.2. The molecule has 1 aliphatic rings. The number of carbonyl (C=O) groups is 3. The van der Waals surface area contributed by atoms with Crippen molar-refractivity contribution in [1.29, 1.82) is 0 Å². The lowest BCUT2D eigenvalue weighted by molar-refractivity contribution is -0.143. The maximum absolute atomic E-state index is 12.5. The number of carboxylic acid groups (broad SMARTS) is 2. The number of fused-ring (bicyclic) bond motifs is 3.